The normalized spacial score (nSPS) is 20.3. The highest BCUT2D eigenvalue weighted by molar-refractivity contribution is 7.89. The van der Waals surface area contributed by atoms with E-state index < -0.39 is 10.0 Å². The quantitative estimate of drug-likeness (QED) is 0.813. The van der Waals surface area contributed by atoms with Crippen LogP contribution in [0.4, 0.5) is 5.69 Å². The molecule has 1 fully saturated rings. The maximum absolute atomic E-state index is 12.5. The summed E-state index contributed by atoms with van der Waals surface area (Å²) in [6, 6.07) is 6.51. The topological polar surface area (TPSA) is 83.6 Å². The van der Waals surface area contributed by atoms with Gasteiger partial charge in [0.15, 0.2) is 0 Å². The fraction of sp³-hybridized carbons (Fsp3) is 0.538. The molecular weight excluding hydrogens is 264 g/mol. The monoisotopic (exact) mass is 284 g/mol. The van der Waals surface area contributed by atoms with Crippen molar-refractivity contribution >= 4 is 15.7 Å². The van der Waals surface area contributed by atoms with Crippen molar-refractivity contribution in [3.63, 3.8) is 0 Å². The van der Waals surface area contributed by atoms with Crippen LogP contribution in [0.2, 0.25) is 0 Å². The number of anilines is 1. The molecule has 1 unspecified atom stereocenters. The molecule has 5 nitrogen and oxygen atoms in total. The zero-order chi connectivity index (χ0) is 14.0. The van der Waals surface area contributed by atoms with Crippen LogP contribution in [0, 0.1) is 5.92 Å². The molecule has 3 N–H and O–H groups in total. The van der Waals surface area contributed by atoms with Gasteiger partial charge in [-0.25, -0.2) is 8.42 Å². The maximum Gasteiger partial charge on any atom is 0.245 e. The van der Waals surface area contributed by atoms with Gasteiger partial charge in [0.05, 0.1) is 11.8 Å². The van der Waals surface area contributed by atoms with Crippen molar-refractivity contribution < 1.29 is 13.5 Å². The molecular formula is C13H20N2O3S. The molecule has 1 aliphatic heterocycles. The van der Waals surface area contributed by atoms with E-state index in [-0.39, 0.29) is 22.6 Å². The maximum atomic E-state index is 12.5. The molecule has 1 aromatic rings. The van der Waals surface area contributed by atoms with Gasteiger partial charge in [0.1, 0.15) is 4.90 Å². The Labute approximate surface area is 114 Å². The van der Waals surface area contributed by atoms with Gasteiger partial charge in [-0.05, 0) is 37.8 Å². The summed E-state index contributed by atoms with van der Waals surface area (Å²) in [7, 11) is -3.52. The highest BCUT2D eigenvalue weighted by Gasteiger charge is 2.31. The van der Waals surface area contributed by atoms with Gasteiger partial charge in [0, 0.05) is 13.1 Å². The van der Waals surface area contributed by atoms with Crippen molar-refractivity contribution in [3.8, 4) is 0 Å². The number of aliphatic hydroxyl groups is 1. The van der Waals surface area contributed by atoms with Gasteiger partial charge in [-0.15, -0.1) is 0 Å². The van der Waals surface area contributed by atoms with E-state index in [0.717, 1.165) is 0 Å². The van der Waals surface area contributed by atoms with E-state index in [4.69, 9.17) is 5.73 Å². The van der Waals surface area contributed by atoms with E-state index in [0.29, 0.717) is 25.9 Å². The molecule has 2 rings (SSSR count). The van der Waals surface area contributed by atoms with Crippen molar-refractivity contribution in [2.75, 3.05) is 18.8 Å². The number of nitrogens with zero attached hydrogens (tertiary/aromatic N) is 1. The number of hydrogen-bond donors (Lipinski definition) is 2. The smallest absolute Gasteiger partial charge is 0.245 e. The van der Waals surface area contributed by atoms with Crippen LogP contribution in [0.25, 0.3) is 0 Å². The van der Waals surface area contributed by atoms with Crippen LogP contribution >= 0.6 is 0 Å². The fourth-order valence-corrected chi connectivity index (χ4v) is 4.04. The zero-order valence-corrected chi connectivity index (χ0v) is 11.8. The third-order valence-corrected chi connectivity index (χ3v) is 5.69. The minimum atomic E-state index is -3.52. The Morgan fingerprint density at radius 2 is 1.89 bits per heavy atom. The van der Waals surface area contributed by atoms with E-state index in [2.05, 4.69) is 0 Å². The second-order valence-electron chi connectivity index (χ2n) is 5.02. The zero-order valence-electron chi connectivity index (χ0n) is 11.0. The van der Waals surface area contributed by atoms with Crippen molar-refractivity contribution in [1.82, 2.24) is 4.31 Å². The molecule has 0 saturated carbocycles. The highest BCUT2D eigenvalue weighted by atomic mass is 32.2. The Hall–Kier alpha value is -1.11. The van der Waals surface area contributed by atoms with Crippen LogP contribution in [0.15, 0.2) is 29.2 Å². The lowest BCUT2D eigenvalue weighted by Crippen LogP contribution is -2.40. The molecule has 106 valence electrons. The first-order valence-corrected chi connectivity index (χ1v) is 7.89. The SMILES string of the molecule is CC(O)C1CCN(S(=O)(=O)c2ccccc2N)CC1. The number of hydrogen-bond acceptors (Lipinski definition) is 4. The lowest BCUT2D eigenvalue weighted by Gasteiger charge is -2.32. The molecule has 1 saturated heterocycles. The van der Waals surface area contributed by atoms with Crippen LogP contribution in [-0.2, 0) is 10.0 Å². The summed E-state index contributed by atoms with van der Waals surface area (Å²) in [5, 5.41) is 9.54. The summed E-state index contributed by atoms with van der Waals surface area (Å²) in [4.78, 5) is 0.172. The van der Waals surface area contributed by atoms with E-state index in [1.54, 1.807) is 25.1 Å². The molecule has 1 aliphatic rings. The lowest BCUT2D eigenvalue weighted by atomic mass is 9.93. The average Bonchev–Trinajstić information content (AvgIpc) is 2.39. The molecule has 1 heterocycles. The molecule has 19 heavy (non-hydrogen) atoms. The van der Waals surface area contributed by atoms with Gasteiger partial charge in [0.25, 0.3) is 0 Å². The van der Waals surface area contributed by atoms with Crippen molar-refractivity contribution in [2.24, 2.45) is 5.92 Å². The molecule has 0 amide bonds. The van der Waals surface area contributed by atoms with Gasteiger partial charge in [0.2, 0.25) is 10.0 Å². The minimum Gasteiger partial charge on any atom is -0.398 e. The molecule has 6 heteroatoms. The van der Waals surface area contributed by atoms with Crippen LogP contribution in [-0.4, -0.2) is 37.0 Å². The number of nitrogens with two attached hydrogens (primary N) is 1. The first-order valence-electron chi connectivity index (χ1n) is 6.45. The largest absolute Gasteiger partial charge is 0.398 e. The summed E-state index contributed by atoms with van der Waals surface area (Å²) in [5.74, 6) is 0.180. The van der Waals surface area contributed by atoms with Crippen molar-refractivity contribution in [3.05, 3.63) is 24.3 Å². The summed E-state index contributed by atoms with van der Waals surface area (Å²) < 4.78 is 26.4. The molecule has 0 radical (unpaired) electrons. The minimum absolute atomic E-state index is 0.172. The molecule has 0 aliphatic carbocycles. The van der Waals surface area contributed by atoms with E-state index >= 15 is 0 Å². The number of aliphatic hydroxyl groups excluding tert-OH is 1. The number of sulfonamides is 1. The molecule has 0 bridgehead atoms. The summed E-state index contributed by atoms with van der Waals surface area (Å²) in [6.45, 7) is 2.63. The predicted octanol–water partition coefficient (Wildman–Crippen LogP) is 1.05. The van der Waals surface area contributed by atoms with Crippen LogP contribution in [0.3, 0.4) is 0 Å². The summed E-state index contributed by atoms with van der Waals surface area (Å²) >= 11 is 0. The fourth-order valence-electron chi connectivity index (χ4n) is 2.45. The Bertz CT molecular complexity index is 535. The van der Waals surface area contributed by atoms with Crippen molar-refractivity contribution in [1.29, 1.82) is 0 Å². The van der Waals surface area contributed by atoms with Gasteiger partial charge in [-0.1, -0.05) is 12.1 Å². The third-order valence-electron chi connectivity index (χ3n) is 3.72. The summed E-state index contributed by atoms with van der Waals surface area (Å²) in [6.07, 6.45) is 0.986. The lowest BCUT2D eigenvalue weighted by molar-refractivity contribution is 0.0912. The van der Waals surface area contributed by atoms with E-state index in [1.807, 2.05) is 0 Å². The first-order chi connectivity index (χ1) is 8.93. The number of para-hydroxylation sites is 1. The standard InChI is InChI=1S/C13H20N2O3S/c1-10(16)11-6-8-15(9-7-11)19(17,18)13-5-3-2-4-12(13)14/h2-5,10-11,16H,6-9,14H2,1H3. The van der Waals surface area contributed by atoms with E-state index in [1.165, 1.54) is 10.4 Å². The van der Waals surface area contributed by atoms with Gasteiger partial charge in [-0.2, -0.15) is 4.31 Å². The van der Waals surface area contributed by atoms with Gasteiger partial charge < -0.3 is 10.8 Å². The molecule has 0 aromatic heterocycles. The Morgan fingerprint density at radius 1 is 1.32 bits per heavy atom. The number of benzene rings is 1. The van der Waals surface area contributed by atoms with Gasteiger partial charge >= 0.3 is 0 Å². The van der Waals surface area contributed by atoms with E-state index in [9.17, 15) is 13.5 Å². The predicted molar refractivity (Wildman–Crippen MR) is 74.0 cm³/mol. The Morgan fingerprint density at radius 3 is 2.42 bits per heavy atom. The number of nitrogen functional groups attached to an aromatic ring is 1. The first kappa shape index (κ1) is 14.3. The molecule has 1 atom stereocenters. The number of piperidine rings is 1. The van der Waals surface area contributed by atoms with Crippen LogP contribution in [0.5, 0.6) is 0 Å². The Balaban J connectivity index is 2.17. The second kappa shape index (κ2) is 5.48. The Kier molecular flexibility index (Phi) is 4.13. The van der Waals surface area contributed by atoms with Crippen molar-refractivity contribution in [2.45, 2.75) is 30.8 Å². The van der Waals surface area contributed by atoms with Gasteiger partial charge in [-0.3, -0.25) is 0 Å². The summed E-state index contributed by atoms with van der Waals surface area (Å²) in [5.41, 5.74) is 6.02. The molecule has 0 spiro atoms. The second-order valence-corrected chi connectivity index (χ2v) is 6.93. The average molecular weight is 284 g/mol. The van der Waals surface area contributed by atoms with Crippen LogP contribution in [0.1, 0.15) is 19.8 Å². The van der Waals surface area contributed by atoms with Crippen LogP contribution < -0.4 is 5.73 Å². The highest BCUT2D eigenvalue weighted by Crippen LogP contribution is 2.27. The molecule has 1 aromatic carbocycles. The third kappa shape index (κ3) is 2.91. The number of rotatable bonds is 3.